The molecule has 0 radical (unpaired) electrons. The van der Waals surface area contributed by atoms with Crippen molar-refractivity contribution in [2.45, 2.75) is 64.3 Å². The van der Waals surface area contributed by atoms with Crippen LogP contribution in [0, 0.1) is 17.8 Å². The predicted molar refractivity (Wildman–Crippen MR) is 185 cm³/mol. The van der Waals surface area contributed by atoms with Crippen LogP contribution < -0.4 is 10.3 Å². The average Bonchev–Trinajstić information content (AvgIpc) is 3.51. The molecule has 1 aliphatic carbocycles. The largest absolute Gasteiger partial charge is 0.489 e. The van der Waals surface area contributed by atoms with E-state index in [9.17, 15) is 32.3 Å². The van der Waals surface area contributed by atoms with Crippen molar-refractivity contribution in [3.63, 3.8) is 0 Å². The molecular weight excluding hydrogens is 684 g/mol. The van der Waals surface area contributed by atoms with E-state index in [1.807, 2.05) is 24.3 Å². The third kappa shape index (κ3) is 9.48. The number of halogens is 3. The molecule has 1 fully saturated rings. The Morgan fingerprint density at radius 1 is 0.961 bits per heavy atom. The quantitative estimate of drug-likeness (QED) is 0.0862. The summed E-state index contributed by atoms with van der Waals surface area (Å²) < 4.78 is 57.5. The van der Waals surface area contributed by atoms with Gasteiger partial charge in [0.1, 0.15) is 17.9 Å². The zero-order valence-corrected chi connectivity index (χ0v) is 29.9. The molecule has 0 bridgehead atoms. The van der Waals surface area contributed by atoms with E-state index >= 15 is 0 Å². The van der Waals surface area contributed by atoms with Crippen molar-refractivity contribution in [2.24, 2.45) is 17.8 Å². The SMILES string of the molecule is COC(=O)Cc1cccc(COc2ccc(C(=O)[C@H]3CC[C@@H](Cn4nnc5ccc(C(F)(F)F)cc5c4=O)[C@@H]3C(=O)OCC[Si](C)(C)C)cc2)c1. The van der Waals surface area contributed by atoms with Crippen molar-refractivity contribution in [1.29, 1.82) is 0 Å². The number of nitrogens with zero attached hydrogens (tertiary/aromatic N) is 3. The Hall–Kier alpha value is -4.85. The number of rotatable bonds is 13. The van der Waals surface area contributed by atoms with Crippen LogP contribution in [-0.4, -0.2) is 54.5 Å². The number of ketones is 1. The van der Waals surface area contributed by atoms with E-state index < -0.39 is 49.1 Å². The van der Waals surface area contributed by atoms with E-state index in [1.165, 1.54) is 7.11 Å². The minimum absolute atomic E-state index is 0.0190. The van der Waals surface area contributed by atoms with Crippen molar-refractivity contribution >= 4 is 36.7 Å². The van der Waals surface area contributed by atoms with Gasteiger partial charge < -0.3 is 14.2 Å². The Kier molecular flexibility index (Phi) is 11.4. The maximum absolute atomic E-state index is 13.9. The van der Waals surface area contributed by atoms with Crippen molar-refractivity contribution in [3.05, 3.63) is 99.3 Å². The summed E-state index contributed by atoms with van der Waals surface area (Å²) in [5.41, 5.74) is 0.280. The van der Waals surface area contributed by atoms with Gasteiger partial charge in [-0.15, -0.1) is 5.10 Å². The van der Waals surface area contributed by atoms with Gasteiger partial charge in [-0.05, 0) is 78.4 Å². The second kappa shape index (κ2) is 15.6. The van der Waals surface area contributed by atoms with E-state index in [0.29, 0.717) is 24.2 Å². The summed E-state index contributed by atoms with van der Waals surface area (Å²) in [5, 5.41) is 7.67. The summed E-state index contributed by atoms with van der Waals surface area (Å²) in [6.45, 7) is 6.75. The van der Waals surface area contributed by atoms with Gasteiger partial charge in [-0.2, -0.15) is 13.2 Å². The molecule has 51 heavy (non-hydrogen) atoms. The van der Waals surface area contributed by atoms with E-state index in [2.05, 4.69) is 30.0 Å². The molecule has 0 spiro atoms. The number of esters is 2. The summed E-state index contributed by atoms with van der Waals surface area (Å²) in [6.07, 6.45) is -3.78. The summed E-state index contributed by atoms with van der Waals surface area (Å²) >= 11 is 0. The number of carbonyl (C=O) groups excluding carboxylic acids is 3. The Morgan fingerprint density at radius 2 is 1.69 bits per heavy atom. The maximum Gasteiger partial charge on any atom is 0.416 e. The number of alkyl halides is 3. The second-order valence-corrected chi connectivity index (χ2v) is 19.6. The standard InChI is InChI=1S/C37H40F3N3O7Si/c1-48-32(44)19-23-6-5-7-24(18-23)22-50-28-12-8-25(9-13-28)34(45)29-14-10-26(33(29)36(47)49-16-17-51(2,3)4)21-43-35(46)30-20-27(37(38,39)40)11-15-31(30)41-42-43/h5-9,11-13,15,18,20,26,29,33H,10,14,16-17,19,21-22H2,1-4H3/t26-,29-,33-/m0/s1. The highest BCUT2D eigenvalue weighted by atomic mass is 28.3. The second-order valence-electron chi connectivity index (χ2n) is 14.0. The fourth-order valence-electron chi connectivity index (χ4n) is 6.25. The van der Waals surface area contributed by atoms with Crippen LogP contribution >= 0.6 is 0 Å². The molecule has 10 nitrogen and oxygen atoms in total. The molecule has 0 unspecified atom stereocenters. The summed E-state index contributed by atoms with van der Waals surface area (Å²) in [6, 6.07) is 17.4. The van der Waals surface area contributed by atoms with Gasteiger partial charge in [0.25, 0.3) is 5.56 Å². The molecule has 270 valence electrons. The number of carbonyl (C=O) groups is 3. The fraction of sp³-hybridized carbons (Fsp3) is 0.405. The molecule has 1 aliphatic rings. The van der Waals surface area contributed by atoms with Gasteiger partial charge in [0.2, 0.25) is 0 Å². The number of hydrogen-bond acceptors (Lipinski definition) is 9. The molecule has 0 saturated heterocycles. The van der Waals surface area contributed by atoms with Crippen LogP contribution in [0.3, 0.4) is 0 Å². The predicted octanol–water partition coefficient (Wildman–Crippen LogP) is 6.51. The zero-order chi connectivity index (χ0) is 36.9. The van der Waals surface area contributed by atoms with Gasteiger partial charge in [0.15, 0.2) is 5.78 Å². The molecule has 0 amide bonds. The van der Waals surface area contributed by atoms with E-state index in [4.69, 9.17) is 14.2 Å². The molecular formula is C37H40F3N3O7Si. The lowest BCUT2D eigenvalue weighted by molar-refractivity contribution is -0.150. The summed E-state index contributed by atoms with van der Waals surface area (Å²) in [4.78, 5) is 52.5. The minimum Gasteiger partial charge on any atom is -0.489 e. The van der Waals surface area contributed by atoms with Gasteiger partial charge in [0, 0.05) is 19.6 Å². The van der Waals surface area contributed by atoms with Gasteiger partial charge >= 0.3 is 18.1 Å². The average molecular weight is 724 g/mol. The van der Waals surface area contributed by atoms with Crippen LogP contribution in [0.4, 0.5) is 13.2 Å². The van der Waals surface area contributed by atoms with Crippen LogP contribution in [0.15, 0.2) is 71.5 Å². The lowest BCUT2D eigenvalue weighted by Gasteiger charge is -2.24. The number of fused-ring (bicyclic) bond motifs is 1. The highest BCUT2D eigenvalue weighted by Gasteiger charge is 2.46. The molecule has 5 rings (SSSR count). The number of methoxy groups -OCH3 is 1. The van der Waals surface area contributed by atoms with Crippen LogP contribution in [0.25, 0.3) is 10.9 Å². The highest BCUT2D eigenvalue weighted by Crippen LogP contribution is 2.41. The van der Waals surface area contributed by atoms with Crippen molar-refractivity contribution < 1.29 is 41.8 Å². The lowest BCUT2D eigenvalue weighted by Crippen LogP contribution is -2.36. The fourth-order valence-corrected chi connectivity index (χ4v) is 6.96. The molecule has 3 aromatic carbocycles. The van der Waals surface area contributed by atoms with Gasteiger partial charge in [0.05, 0.1) is 43.5 Å². The normalized spacial score (nSPS) is 17.7. The topological polar surface area (TPSA) is 127 Å². The third-order valence-electron chi connectivity index (χ3n) is 9.06. The Morgan fingerprint density at radius 3 is 2.37 bits per heavy atom. The number of Topliss-reactive ketones (excluding diaryl/α,β-unsaturated/α-hetero) is 1. The zero-order valence-electron chi connectivity index (χ0n) is 28.9. The van der Waals surface area contributed by atoms with Gasteiger partial charge in [-0.3, -0.25) is 19.2 Å². The Balaban J connectivity index is 1.33. The summed E-state index contributed by atoms with van der Waals surface area (Å²) in [7, 11) is -0.214. The first kappa shape index (κ1) is 37.4. The molecule has 3 atom stereocenters. The van der Waals surface area contributed by atoms with Crippen LogP contribution in [0.2, 0.25) is 25.7 Å². The molecule has 1 heterocycles. The van der Waals surface area contributed by atoms with Crippen LogP contribution in [0.5, 0.6) is 5.75 Å². The molecule has 1 saturated carbocycles. The molecule has 1 aromatic heterocycles. The molecule has 14 heteroatoms. The van der Waals surface area contributed by atoms with Crippen LogP contribution in [0.1, 0.15) is 39.9 Å². The molecule has 0 aliphatic heterocycles. The molecule has 0 N–H and O–H groups in total. The molecule has 4 aromatic rings. The monoisotopic (exact) mass is 723 g/mol. The van der Waals surface area contributed by atoms with Gasteiger partial charge in [-0.1, -0.05) is 49.1 Å². The van der Waals surface area contributed by atoms with E-state index in [0.717, 1.165) is 40.1 Å². The van der Waals surface area contributed by atoms with Crippen LogP contribution in [-0.2, 0) is 44.8 Å². The highest BCUT2D eigenvalue weighted by molar-refractivity contribution is 6.76. The first-order chi connectivity index (χ1) is 24.1. The third-order valence-corrected chi connectivity index (χ3v) is 10.8. The van der Waals surface area contributed by atoms with Crippen molar-refractivity contribution in [2.75, 3.05) is 13.7 Å². The Labute approximate surface area is 293 Å². The van der Waals surface area contributed by atoms with E-state index in [1.54, 1.807) is 24.3 Å². The number of ether oxygens (including phenoxy) is 3. The number of aromatic nitrogens is 3. The smallest absolute Gasteiger partial charge is 0.416 e. The van der Waals surface area contributed by atoms with Crippen molar-refractivity contribution in [3.8, 4) is 5.75 Å². The lowest BCUT2D eigenvalue weighted by atomic mass is 9.84. The summed E-state index contributed by atoms with van der Waals surface area (Å²) in [5.74, 6) is -2.85. The number of hydrogen-bond donors (Lipinski definition) is 0. The first-order valence-corrected chi connectivity index (χ1v) is 20.4. The first-order valence-electron chi connectivity index (χ1n) is 16.7. The Bertz CT molecular complexity index is 1960. The van der Waals surface area contributed by atoms with Gasteiger partial charge in [-0.25, -0.2) is 4.68 Å². The van der Waals surface area contributed by atoms with Crippen molar-refractivity contribution in [1.82, 2.24) is 15.0 Å². The van der Waals surface area contributed by atoms with E-state index in [-0.39, 0.29) is 48.8 Å². The number of benzene rings is 3. The minimum atomic E-state index is -4.65. The maximum atomic E-state index is 13.9.